The molecular formula is C9H8N4O8. The molecule has 0 fully saturated rings. The summed E-state index contributed by atoms with van der Waals surface area (Å²) in [6, 6.07) is 0.633. The van der Waals surface area contributed by atoms with Gasteiger partial charge in [-0.3, -0.25) is 40.5 Å². The van der Waals surface area contributed by atoms with Crippen molar-refractivity contribution in [1.29, 1.82) is 0 Å². The molecule has 1 aromatic rings. The van der Waals surface area contributed by atoms with Crippen LogP contribution in [0.3, 0.4) is 0 Å². The van der Waals surface area contributed by atoms with Crippen LogP contribution in [-0.4, -0.2) is 19.7 Å². The first-order chi connectivity index (χ1) is 9.59. The number of benzene rings is 1. The Morgan fingerprint density at radius 1 is 0.762 bits per heavy atom. The molecule has 0 aromatic heterocycles. The summed E-state index contributed by atoms with van der Waals surface area (Å²) in [4.78, 5) is 38.7. The van der Waals surface area contributed by atoms with E-state index in [-0.39, 0.29) is 5.56 Å². The van der Waals surface area contributed by atoms with Crippen LogP contribution in [0.1, 0.15) is 25.3 Å². The summed E-state index contributed by atoms with van der Waals surface area (Å²) < 4.78 is 0. The zero-order valence-corrected chi connectivity index (χ0v) is 10.7. The van der Waals surface area contributed by atoms with Gasteiger partial charge in [-0.05, 0) is 5.92 Å². The lowest BCUT2D eigenvalue weighted by atomic mass is 9.98. The molecule has 0 radical (unpaired) electrons. The third-order valence-corrected chi connectivity index (χ3v) is 2.62. The second kappa shape index (κ2) is 5.44. The van der Waals surface area contributed by atoms with E-state index < -0.39 is 48.4 Å². The van der Waals surface area contributed by atoms with E-state index >= 15 is 0 Å². The summed E-state index contributed by atoms with van der Waals surface area (Å²) in [7, 11) is 0. The van der Waals surface area contributed by atoms with Gasteiger partial charge < -0.3 is 0 Å². The summed E-state index contributed by atoms with van der Waals surface area (Å²) in [6.07, 6.45) is 0. The van der Waals surface area contributed by atoms with Crippen LogP contribution in [0.25, 0.3) is 0 Å². The van der Waals surface area contributed by atoms with Crippen LogP contribution >= 0.6 is 0 Å². The van der Waals surface area contributed by atoms with Crippen molar-refractivity contribution in [3.63, 3.8) is 0 Å². The molecule has 1 rings (SSSR count). The highest BCUT2D eigenvalue weighted by atomic mass is 16.7. The summed E-state index contributed by atoms with van der Waals surface area (Å²) in [5, 5.41) is 43.7. The van der Waals surface area contributed by atoms with Crippen LogP contribution in [0, 0.1) is 40.5 Å². The van der Waals surface area contributed by atoms with E-state index in [9.17, 15) is 40.5 Å². The highest BCUT2D eigenvalue weighted by Gasteiger charge is 2.46. The van der Waals surface area contributed by atoms with Crippen LogP contribution in [0.5, 0.6) is 0 Å². The van der Waals surface area contributed by atoms with Crippen LogP contribution < -0.4 is 0 Å². The Labute approximate surface area is 115 Å². The molecule has 12 nitrogen and oxygen atoms in total. The van der Waals surface area contributed by atoms with E-state index in [1.807, 2.05) is 0 Å². The third-order valence-electron chi connectivity index (χ3n) is 2.62. The molecule has 1 aromatic carbocycles. The Morgan fingerprint density at radius 2 is 1.19 bits per heavy atom. The van der Waals surface area contributed by atoms with Gasteiger partial charge in [0, 0.05) is 11.6 Å². The normalized spacial score (nSPS) is 10.4. The zero-order valence-electron chi connectivity index (χ0n) is 10.7. The summed E-state index contributed by atoms with van der Waals surface area (Å²) in [5.41, 5.74) is -5.55. The van der Waals surface area contributed by atoms with Crippen molar-refractivity contribution in [3.05, 3.63) is 52.1 Å². The second-order valence-corrected chi connectivity index (χ2v) is 4.21. The van der Waals surface area contributed by atoms with Gasteiger partial charge in [-0.2, -0.15) is 0 Å². The van der Waals surface area contributed by atoms with Gasteiger partial charge in [0.2, 0.25) is 0 Å². The van der Waals surface area contributed by atoms with Gasteiger partial charge >= 0.3 is 22.7 Å². The first-order valence-electron chi connectivity index (χ1n) is 5.38. The van der Waals surface area contributed by atoms with Gasteiger partial charge in [0.25, 0.3) is 0 Å². The minimum Gasteiger partial charge on any atom is -0.258 e. The fraction of sp³-hybridized carbons (Fsp3) is 0.333. The molecule has 0 atom stereocenters. The van der Waals surface area contributed by atoms with Crippen molar-refractivity contribution in [2.24, 2.45) is 0 Å². The largest absolute Gasteiger partial charge is 0.430 e. The van der Waals surface area contributed by atoms with E-state index in [0.717, 1.165) is 0 Å². The van der Waals surface area contributed by atoms with Gasteiger partial charge in [-0.15, -0.1) is 0 Å². The first kappa shape index (κ1) is 15.9. The second-order valence-electron chi connectivity index (χ2n) is 4.21. The Morgan fingerprint density at radius 3 is 1.48 bits per heavy atom. The molecule has 12 heteroatoms. The Balaban J connectivity index is 4.08. The molecule has 0 saturated heterocycles. The van der Waals surface area contributed by atoms with E-state index in [0.29, 0.717) is 6.07 Å². The molecule has 0 saturated carbocycles. The van der Waals surface area contributed by atoms with Crippen molar-refractivity contribution in [3.8, 4) is 0 Å². The first-order valence-corrected chi connectivity index (χ1v) is 5.38. The number of nitro benzene ring substituents is 4. The molecule has 0 aliphatic rings. The molecule has 112 valence electrons. The summed E-state index contributed by atoms with van der Waals surface area (Å²) >= 11 is 0. The maximum Gasteiger partial charge on any atom is 0.430 e. The van der Waals surface area contributed by atoms with Gasteiger partial charge in [-0.1, -0.05) is 13.8 Å². The van der Waals surface area contributed by atoms with Gasteiger partial charge in [-0.25, -0.2) is 0 Å². The third kappa shape index (κ3) is 2.72. The predicted molar refractivity (Wildman–Crippen MR) is 67.1 cm³/mol. The monoisotopic (exact) mass is 300 g/mol. The Bertz CT molecular complexity index is 668. The summed E-state index contributed by atoms with van der Waals surface area (Å²) in [6.45, 7) is 2.84. The molecule has 0 unspecified atom stereocenters. The molecule has 0 aliphatic carbocycles. The minimum atomic E-state index is -1.50. The standard InChI is InChI=1S/C9H8N4O8/c1-4(2)5-3-6(10(14)15)8(12(18)19)9(13(20)21)7(5)11(16)17/h3-4H,1-2H3. The fourth-order valence-electron chi connectivity index (χ4n) is 1.78. The van der Waals surface area contributed by atoms with E-state index in [2.05, 4.69) is 0 Å². The lowest BCUT2D eigenvalue weighted by Gasteiger charge is -2.07. The quantitative estimate of drug-likeness (QED) is 0.588. The molecule has 0 N–H and O–H groups in total. The van der Waals surface area contributed by atoms with Gasteiger partial charge in [0.1, 0.15) is 0 Å². The number of rotatable bonds is 5. The van der Waals surface area contributed by atoms with Crippen LogP contribution in [0.15, 0.2) is 6.07 Å². The maximum absolute atomic E-state index is 11.0. The van der Waals surface area contributed by atoms with Crippen LogP contribution in [0.4, 0.5) is 22.7 Å². The van der Waals surface area contributed by atoms with E-state index in [1.165, 1.54) is 13.8 Å². The highest BCUT2D eigenvalue weighted by molar-refractivity contribution is 5.77. The van der Waals surface area contributed by atoms with Crippen molar-refractivity contribution < 1.29 is 19.7 Å². The number of nitro groups is 4. The maximum atomic E-state index is 11.0. The molecular weight excluding hydrogens is 292 g/mol. The SMILES string of the molecule is CC(C)c1cc([N+](=O)[O-])c([N+](=O)[O-])c([N+](=O)[O-])c1[N+](=O)[O-]. The molecule has 0 heterocycles. The molecule has 0 aliphatic heterocycles. The smallest absolute Gasteiger partial charge is 0.258 e. The topological polar surface area (TPSA) is 173 Å². The zero-order chi connectivity index (χ0) is 16.5. The number of hydrogen-bond donors (Lipinski definition) is 0. The van der Waals surface area contributed by atoms with Crippen molar-refractivity contribution in [2.45, 2.75) is 19.8 Å². The Hall–Kier alpha value is -3.18. The molecule has 0 bridgehead atoms. The van der Waals surface area contributed by atoms with Crippen molar-refractivity contribution in [2.75, 3.05) is 0 Å². The average molecular weight is 300 g/mol. The van der Waals surface area contributed by atoms with Gasteiger partial charge in [0.15, 0.2) is 0 Å². The highest BCUT2D eigenvalue weighted by Crippen LogP contribution is 2.47. The fourth-order valence-corrected chi connectivity index (χ4v) is 1.78. The number of nitrogens with zero attached hydrogens (tertiary/aromatic N) is 4. The minimum absolute atomic E-state index is 0.316. The number of hydrogen-bond acceptors (Lipinski definition) is 8. The lowest BCUT2D eigenvalue weighted by Crippen LogP contribution is -2.08. The molecule has 0 spiro atoms. The summed E-state index contributed by atoms with van der Waals surface area (Å²) in [5.74, 6) is -0.677. The van der Waals surface area contributed by atoms with Gasteiger partial charge in [0.05, 0.1) is 19.7 Å². The van der Waals surface area contributed by atoms with Crippen molar-refractivity contribution >= 4 is 22.7 Å². The van der Waals surface area contributed by atoms with Crippen LogP contribution in [0.2, 0.25) is 0 Å². The predicted octanol–water partition coefficient (Wildman–Crippen LogP) is 2.44. The van der Waals surface area contributed by atoms with E-state index in [1.54, 1.807) is 0 Å². The lowest BCUT2D eigenvalue weighted by molar-refractivity contribution is -0.452. The molecule has 21 heavy (non-hydrogen) atoms. The van der Waals surface area contributed by atoms with Crippen LogP contribution in [-0.2, 0) is 0 Å². The Kier molecular flexibility index (Phi) is 4.11. The van der Waals surface area contributed by atoms with E-state index in [4.69, 9.17) is 0 Å². The molecule has 0 amide bonds. The average Bonchev–Trinajstić information content (AvgIpc) is 2.34. The van der Waals surface area contributed by atoms with Crippen molar-refractivity contribution in [1.82, 2.24) is 0 Å².